The Balaban J connectivity index is 1.55. The average Bonchev–Trinajstić information content (AvgIpc) is 3.18. The van der Waals surface area contributed by atoms with Crippen LogP contribution in [-0.2, 0) is 4.79 Å². The van der Waals surface area contributed by atoms with E-state index in [1.54, 1.807) is 11.8 Å². The Hall–Kier alpha value is -2.92. The first-order chi connectivity index (χ1) is 17.2. The fraction of sp³-hybridized carbons (Fsp3) is 0.367. The van der Waals surface area contributed by atoms with E-state index in [0.717, 1.165) is 45.5 Å². The maximum absolute atomic E-state index is 14.0. The molecular weight excluding hydrogens is 452 g/mol. The number of thioether (sulfide) groups is 1. The van der Waals surface area contributed by atoms with Crippen LogP contribution >= 0.6 is 11.8 Å². The molecule has 1 saturated heterocycles. The van der Waals surface area contributed by atoms with E-state index < -0.39 is 0 Å². The summed E-state index contributed by atoms with van der Waals surface area (Å²) in [7, 11) is 0. The molecule has 3 atom stereocenters. The van der Waals surface area contributed by atoms with E-state index >= 15 is 0 Å². The summed E-state index contributed by atoms with van der Waals surface area (Å²) in [6.07, 6.45) is 7.67. The number of para-hydroxylation sites is 1. The van der Waals surface area contributed by atoms with E-state index in [2.05, 4.69) is 60.5 Å². The van der Waals surface area contributed by atoms with Crippen LogP contribution in [0, 0.1) is 5.92 Å². The number of fused-ring (bicyclic) bond motifs is 1. The molecule has 4 nitrogen and oxygen atoms in total. The molecule has 2 aliphatic rings. The number of amides is 1. The highest BCUT2D eigenvalue weighted by molar-refractivity contribution is 8.05. The number of hydrogen-bond acceptors (Lipinski definition) is 4. The fourth-order valence-electron chi connectivity index (χ4n) is 5.26. The summed E-state index contributed by atoms with van der Waals surface area (Å²) < 4.78 is 6.13. The van der Waals surface area contributed by atoms with Crippen molar-refractivity contribution in [2.24, 2.45) is 5.92 Å². The molecule has 1 N–H and O–H groups in total. The van der Waals surface area contributed by atoms with Crippen LogP contribution in [0.25, 0.3) is 16.8 Å². The van der Waals surface area contributed by atoms with E-state index in [1.165, 1.54) is 19.3 Å². The van der Waals surface area contributed by atoms with Crippen molar-refractivity contribution in [1.29, 1.82) is 0 Å². The number of nitrogens with one attached hydrogen (secondary N) is 1. The van der Waals surface area contributed by atoms with Crippen molar-refractivity contribution in [1.82, 2.24) is 4.90 Å². The molecule has 0 spiro atoms. The molecule has 3 aromatic rings. The maximum Gasteiger partial charge on any atom is 0.262 e. The highest BCUT2D eigenvalue weighted by atomic mass is 32.2. The van der Waals surface area contributed by atoms with Gasteiger partial charge in [0.2, 0.25) is 0 Å². The monoisotopic (exact) mass is 486 g/mol. The lowest BCUT2D eigenvalue weighted by atomic mass is 9.85. The number of ether oxygens (including phenoxy) is 1. The first-order valence-corrected chi connectivity index (χ1v) is 13.7. The van der Waals surface area contributed by atoms with Gasteiger partial charge in [-0.05, 0) is 60.2 Å². The third-order valence-corrected chi connectivity index (χ3v) is 8.21. The number of carbonyl (C=O) groups is 1. The van der Waals surface area contributed by atoms with Crippen LogP contribution in [0.2, 0.25) is 0 Å². The molecule has 0 bridgehead atoms. The Morgan fingerprint density at radius 3 is 2.60 bits per heavy atom. The van der Waals surface area contributed by atoms with Gasteiger partial charge in [0.1, 0.15) is 5.75 Å². The fourth-order valence-corrected chi connectivity index (χ4v) is 6.45. The van der Waals surface area contributed by atoms with Gasteiger partial charge in [-0.1, -0.05) is 87.0 Å². The van der Waals surface area contributed by atoms with Crippen molar-refractivity contribution in [2.75, 3.05) is 11.9 Å². The molecule has 3 aromatic carbocycles. The molecule has 0 aromatic heterocycles. The smallest absolute Gasteiger partial charge is 0.262 e. The molecule has 35 heavy (non-hydrogen) atoms. The molecule has 5 rings (SSSR count). The third-order valence-electron chi connectivity index (χ3n) is 7.09. The van der Waals surface area contributed by atoms with Crippen LogP contribution in [0.15, 0.2) is 71.6 Å². The van der Waals surface area contributed by atoms with Gasteiger partial charge in [-0.15, -0.1) is 0 Å². The van der Waals surface area contributed by atoms with Crippen LogP contribution in [0.5, 0.6) is 5.75 Å². The second-order valence-corrected chi connectivity index (χ2v) is 10.7. The van der Waals surface area contributed by atoms with Gasteiger partial charge >= 0.3 is 0 Å². The molecule has 1 unspecified atom stereocenters. The van der Waals surface area contributed by atoms with Crippen LogP contribution in [0.4, 0.5) is 5.69 Å². The lowest BCUT2D eigenvalue weighted by Crippen LogP contribution is -2.48. The minimum absolute atomic E-state index is 0.122. The lowest BCUT2D eigenvalue weighted by Gasteiger charge is -2.39. The van der Waals surface area contributed by atoms with E-state index in [1.807, 2.05) is 36.4 Å². The topological polar surface area (TPSA) is 41.6 Å². The molecule has 182 valence electrons. The number of rotatable bonds is 7. The van der Waals surface area contributed by atoms with Crippen LogP contribution in [-0.4, -0.2) is 29.0 Å². The van der Waals surface area contributed by atoms with Gasteiger partial charge in [0.25, 0.3) is 5.91 Å². The van der Waals surface area contributed by atoms with Crippen molar-refractivity contribution in [3.05, 3.63) is 77.2 Å². The summed E-state index contributed by atoms with van der Waals surface area (Å²) in [4.78, 5) is 16.9. The summed E-state index contributed by atoms with van der Waals surface area (Å²) in [5.74, 6) is 1.45. The van der Waals surface area contributed by atoms with Gasteiger partial charge in [-0.2, -0.15) is 0 Å². The SMILES string of the molecule is CCCOc1ccc2ccccc2c1/C=C1\SC(Nc2ccccc2)N([C@H]2CCCC[C@@H]2C)C1=O. The molecule has 1 amide bonds. The summed E-state index contributed by atoms with van der Waals surface area (Å²) in [5.41, 5.74) is 1.89. The number of benzene rings is 3. The Labute approximate surface area is 212 Å². The second kappa shape index (κ2) is 10.8. The Kier molecular flexibility index (Phi) is 7.33. The van der Waals surface area contributed by atoms with Gasteiger partial charge in [0.15, 0.2) is 5.50 Å². The molecule has 1 aliphatic heterocycles. The summed E-state index contributed by atoms with van der Waals surface area (Å²) in [6, 6.07) is 22.9. The molecular formula is C30H34N2O2S. The molecule has 2 fully saturated rings. The van der Waals surface area contributed by atoms with Crippen LogP contribution in [0.1, 0.15) is 51.5 Å². The standard InChI is InChI=1S/C30H34N2O2S/c1-3-19-34-27-18-17-22-12-8-9-15-24(22)25(27)20-28-29(33)32(26-16-10-7-11-21(26)2)30(35-28)31-23-13-5-4-6-14-23/h4-6,8-9,12-15,17-18,20-21,26,30-31H,3,7,10-11,16,19H2,1-2H3/b28-20-/t21-,26-,30?/m0/s1. The van der Waals surface area contributed by atoms with Crippen molar-refractivity contribution >= 4 is 40.2 Å². The van der Waals surface area contributed by atoms with E-state index in [-0.39, 0.29) is 17.4 Å². The van der Waals surface area contributed by atoms with E-state index in [9.17, 15) is 4.79 Å². The van der Waals surface area contributed by atoms with Gasteiger partial charge in [0.05, 0.1) is 11.5 Å². The quantitative estimate of drug-likeness (QED) is 0.351. The van der Waals surface area contributed by atoms with Gasteiger partial charge in [-0.3, -0.25) is 4.79 Å². The predicted molar refractivity (Wildman–Crippen MR) is 147 cm³/mol. The molecule has 1 saturated carbocycles. The Morgan fingerprint density at radius 1 is 1.03 bits per heavy atom. The largest absolute Gasteiger partial charge is 0.493 e. The Bertz CT molecular complexity index is 1210. The van der Waals surface area contributed by atoms with Gasteiger partial charge in [0, 0.05) is 17.3 Å². The minimum Gasteiger partial charge on any atom is -0.493 e. The zero-order chi connectivity index (χ0) is 24.2. The summed E-state index contributed by atoms with van der Waals surface area (Å²) in [5, 5.41) is 5.90. The first-order valence-electron chi connectivity index (χ1n) is 12.8. The Morgan fingerprint density at radius 2 is 1.80 bits per heavy atom. The van der Waals surface area contributed by atoms with Gasteiger partial charge < -0.3 is 15.0 Å². The molecule has 5 heteroatoms. The molecule has 1 heterocycles. The lowest BCUT2D eigenvalue weighted by molar-refractivity contribution is -0.129. The number of carbonyl (C=O) groups excluding carboxylic acids is 1. The molecule has 1 aliphatic carbocycles. The summed E-state index contributed by atoms with van der Waals surface area (Å²) in [6.45, 7) is 5.06. The van der Waals surface area contributed by atoms with Gasteiger partial charge in [-0.25, -0.2) is 0 Å². The minimum atomic E-state index is -0.128. The zero-order valence-electron chi connectivity index (χ0n) is 20.6. The number of nitrogens with zero attached hydrogens (tertiary/aromatic N) is 1. The number of anilines is 1. The predicted octanol–water partition coefficient (Wildman–Crippen LogP) is 7.52. The van der Waals surface area contributed by atoms with Crippen molar-refractivity contribution in [3.8, 4) is 5.75 Å². The van der Waals surface area contributed by atoms with Crippen LogP contribution in [0.3, 0.4) is 0 Å². The van der Waals surface area contributed by atoms with E-state index in [0.29, 0.717) is 12.5 Å². The van der Waals surface area contributed by atoms with Crippen molar-refractivity contribution in [2.45, 2.75) is 57.5 Å². The maximum atomic E-state index is 14.0. The van der Waals surface area contributed by atoms with Crippen molar-refractivity contribution in [3.63, 3.8) is 0 Å². The highest BCUT2D eigenvalue weighted by Crippen LogP contribution is 2.43. The summed E-state index contributed by atoms with van der Waals surface area (Å²) >= 11 is 1.62. The second-order valence-electron chi connectivity index (χ2n) is 9.58. The highest BCUT2D eigenvalue weighted by Gasteiger charge is 2.43. The third kappa shape index (κ3) is 5.06. The van der Waals surface area contributed by atoms with Crippen molar-refractivity contribution < 1.29 is 9.53 Å². The van der Waals surface area contributed by atoms with Crippen LogP contribution < -0.4 is 10.1 Å². The first kappa shape index (κ1) is 23.8. The van der Waals surface area contributed by atoms with E-state index in [4.69, 9.17) is 4.74 Å². The molecule has 0 radical (unpaired) electrons. The average molecular weight is 487 g/mol. The zero-order valence-corrected chi connectivity index (χ0v) is 21.4. The number of hydrogen-bond donors (Lipinski definition) is 1. The normalized spacial score (nSPS) is 23.7.